The van der Waals surface area contributed by atoms with Gasteiger partial charge in [-0.05, 0) is 36.6 Å². The number of methoxy groups -OCH3 is 2. The van der Waals surface area contributed by atoms with Crippen LogP contribution in [-0.4, -0.2) is 27.2 Å². The summed E-state index contributed by atoms with van der Waals surface area (Å²) in [5.74, 6) is 0.858. The zero-order valence-corrected chi connectivity index (χ0v) is 17.9. The average Bonchev–Trinajstić information content (AvgIpc) is 2.74. The van der Waals surface area contributed by atoms with Crippen molar-refractivity contribution in [3.63, 3.8) is 0 Å². The normalized spacial score (nSPS) is 11.6. The minimum atomic E-state index is -3.97. The number of aryl methyl sites for hydroxylation is 2. The second-order valence-electron chi connectivity index (χ2n) is 6.74. The molecule has 0 saturated carbocycles. The lowest BCUT2D eigenvalue weighted by Crippen LogP contribution is -2.19. The van der Waals surface area contributed by atoms with Gasteiger partial charge in [0.1, 0.15) is 4.90 Å². The van der Waals surface area contributed by atoms with Crippen molar-refractivity contribution in [1.82, 2.24) is 4.57 Å². The molecule has 7 heteroatoms. The van der Waals surface area contributed by atoms with E-state index in [9.17, 15) is 13.2 Å². The van der Waals surface area contributed by atoms with Crippen molar-refractivity contribution < 1.29 is 17.9 Å². The van der Waals surface area contributed by atoms with Gasteiger partial charge >= 0.3 is 0 Å². The van der Waals surface area contributed by atoms with Gasteiger partial charge in [-0.3, -0.25) is 4.79 Å². The standard InChI is InChI=1S/C22H25NO5S/c1-5-11-23-14-21(29(25,26)16-9-7-15(6-2)8-10-16)22(24)17-12-19(27-3)20(28-4)13-18(17)23/h7-10,12-14H,5-6,11H2,1-4H3. The molecule has 6 nitrogen and oxygen atoms in total. The van der Waals surface area contributed by atoms with Crippen LogP contribution in [0.2, 0.25) is 0 Å². The number of pyridine rings is 1. The van der Waals surface area contributed by atoms with Crippen LogP contribution in [0, 0.1) is 0 Å². The first-order chi connectivity index (χ1) is 13.9. The molecule has 0 fully saturated rings. The van der Waals surface area contributed by atoms with Gasteiger partial charge < -0.3 is 14.0 Å². The van der Waals surface area contributed by atoms with Crippen LogP contribution in [0.15, 0.2) is 57.2 Å². The molecule has 0 amide bonds. The van der Waals surface area contributed by atoms with E-state index in [1.54, 1.807) is 41.0 Å². The number of benzene rings is 2. The lowest BCUT2D eigenvalue weighted by atomic mass is 10.1. The summed E-state index contributed by atoms with van der Waals surface area (Å²) in [6.07, 6.45) is 3.02. The molecule has 29 heavy (non-hydrogen) atoms. The fourth-order valence-electron chi connectivity index (χ4n) is 3.34. The lowest BCUT2D eigenvalue weighted by Gasteiger charge is -2.16. The first-order valence-electron chi connectivity index (χ1n) is 9.50. The third-order valence-corrected chi connectivity index (χ3v) is 6.71. The monoisotopic (exact) mass is 415 g/mol. The number of rotatable bonds is 7. The number of hydrogen-bond acceptors (Lipinski definition) is 5. The summed E-state index contributed by atoms with van der Waals surface area (Å²) < 4.78 is 39.0. The maximum Gasteiger partial charge on any atom is 0.211 e. The first-order valence-corrected chi connectivity index (χ1v) is 11.0. The highest BCUT2D eigenvalue weighted by atomic mass is 32.2. The molecule has 2 aromatic carbocycles. The van der Waals surface area contributed by atoms with Crippen LogP contribution in [0.1, 0.15) is 25.8 Å². The quantitative estimate of drug-likeness (QED) is 0.586. The van der Waals surface area contributed by atoms with E-state index >= 15 is 0 Å². The van der Waals surface area contributed by atoms with Crippen molar-refractivity contribution in [1.29, 1.82) is 0 Å². The van der Waals surface area contributed by atoms with E-state index in [2.05, 4.69) is 0 Å². The van der Waals surface area contributed by atoms with E-state index < -0.39 is 15.3 Å². The smallest absolute Gasteiger partial charge is 0.211 e. The number of ether oxygens (including phenoxy) is 2. The van der Waals surface area contributed by atoms with Crippen LogP contribution in [0.5, 0.6) is 11.5 Å². The maximum atomic E-state index is 13.3. The minimum absolute atomic E-state index is 0.106. The van der Waals surface area contributed by atoms with Gasteiger partial charge in [-0.1, -0.05) is 26.0 Å². The predicted octanol–water partition coefficient (Wildman–Crippen LogP) is 3.82. The van der Waals surface area contributed by atoms with E-state index in [-0.39, 0.29) is 15.2 Å². The van der Waals surface area contributed by atoms with Crippen LogP contribution in [0.25, 0.3) is 10.9 Å². The highest BCUT2D eigenvalue weighted by molar-refractivity contribution is 7.91. The molecule has 0 bridgehead atoms. The largest absolute Gasteiger partial charge is 0.493 e. The van der Waals surface area contributed by atoms with E-state index in [4.69, 9.17) is 9.47 Å². The number of sulfone groups is 1. The summed E-state index contributed by atoms with van der Waals surface area (Å²) >= 11 is 0. The average molecular weight is 416 g/mol. The Morgan fingerprint density at radius 1 is 0.966 bits per heavy atom. The fourth-order valence-corrected chi connectivity index (χ4v) is 4.71. The summed E-state index contributed by atoms with van der Waals surface area (Å²) in [4.78, 5) is 13.1. The molecule has 0 N–H and O–H groups in total. The Morgan fingerprint density at radius 2 is 1.59 bits per heavy atom. The number of fused-ring (bicyclic) bond motifs is 1. The van der Waals surface area contributed by atoms with Gasteiger partial charge in [-0.25, -0.2) is 8.42 Å². The summed E-state index contributed by atoms with van der Waals surface area (Å²) in [6.45, 7) is 4.55. The summed E-state index contributed by atoms with van der Waals surface area (Å²) in [7, 11) is -0.973. The van der Waals surface area contributed by atoms with Crippen LogP contribution in [0.3, 0.4) is 0 Å². The molecule has 0 aliphatic heterocycles. The Labute approximate surface area is 170 Å². The molecule has 3 aromatic rings. The maximum absolute atomic E-state index is 13.3. The van der Waals surface area contributed by atoms with Gasteiger partial charge in [-0.15, -0.1) is 0 Å². The number of aromatic nitrogens is 1. The van der Waals surface area contributed by atoms with E-state index in [1.807, 2.05) is 13.8 Å². The summed E-state index contributed by atoms with van der Waals surface area (Å²) in [5.41, 5.74) is 1.09. The van der Waals surface area contributed by atoms with Crippen molar-refractivity contribution in [2.24, 2.45) is 0 Å². The molecule has 1 aromatic heterocycles. The molecule has 0 atom stereocenters. The predicted molar refractivity (Wildman–Crippen MR) is 113 cm³/mol. The second kappa shape index (κ2) is 8.29. The van der Waals surface area contributed by atoms with Crippen molar-refractivity contribution in [3.8, 4) is 11.5 Å². The Balaban J connectivity index is 2.32. The Hall–Kier alpha value is -2.80. The van der Waals surface area contributed by atoms with Crippen molar-refractivity contribution in [2.75, 3.05) is 14.2 Å². The minimum Gasteiger partial charge on any atom is -0.493 e. The van der Waals surface area contributed by atoms with Gasteiger partial charge in [0.05, 0.1) is 30.0 Å². The van der Waals surface area contributed by atoms with Crippen molar-refractivity contribution >= 4 is 20.7 Å². The zero-order valence-electron chi connectivity index (χ0n) is 17.1. The van der Waals surface area contributed by atoms with Gasteiger partial charge in [0.2, 0.25) is 15.3 Å². The highest BCUT2D eigenvalue weighted by Crippen LogP contribution is 2.32. The Kier molecular flexibility index (Phi) is 5.98. The van der Waals surface area contributed by atoms with Gasteiger partial charge in [0.25, 0.3) is 0 Å². The van der Waals surface area contributed by atoms with Crippen LogP contribution in [0.4, 0.5) is 0 Å². The molecule has 0 spiro atoms. The molecule has 154 valence electrons. The van der Waals surface area contributed by atoms with Crippen molar-refractivity contribution in [3.05, 3.63) is 58.4 Å². The molecule has 1 heterocycles. The number of nitrogens with zero attached hydrogens (tertiary/aromatic N) is 1. The highest BCUT2D eigenvalue weighted by Gasteiger charge is 2.24. The van der Waals surface area contributed by atoms with Gasteiger partial charge in [0, 0.05) is 18.8 Å². The topological polar surface area (TPSA) is 74.6 Å². The third kappa shape index (κ3) is 3.74. The van der Waals surface area contributed by atoms with Crippen LogP contribution < -0.4 is 14.9 Å². The Bertz CT molecular complexity index is 1190. The molecule has 0 aliphatic rings. The SMILES string of the molecule is CCCn1cc(S(=O)(=O)c2ccc(CC)cc2)c(=O)c2cc(OC)c(OC)cc21. The summed E-state index contributed by atoms with van der Waals surface area (Å²) in [5, 5.41) is 0.280. The van der Waals surface area contributed by atoms with Gasteiger partial charge in [0.15, 0.2) is 11.5 Å². The molecule has 3 rings (SSSR count). The third-order valence-electron chi connectivity index (χ3n) is 4.95. The lowest BCUT2D eigenvalue weighted by molar-refractivity contribution is 0.355. The second-order valence-corrected chi connectivity index (χ2v) is 8.66. The molecule has 0 unspecified atom stereocenters. The van der Waals surface area contributed by atoms with Crippen molar-refractivity contribution in [2.45, 2.75) is 43.0 Å². The summed E-state index contributed by atoms with van der Waals surface area (Å²) in [6, 6.07) is 9.89. The van der Waals surface area contributed by atoms with E-state index in [0.717, 1.165) is 18.4 Å². The first kappa shape index (κ1) is 20.9. The van der Waals surface area contributed by atoms with E-state index in [0.29, 0.717) is 23.6 Å². The Morgan fingerprint density at radius 3 is 2.14 bits per heavy atom. The van der Waals surface area contributed by atoms with E-state index in [1.165, 1.54) is 20.4 Å². The molecule has 0 aliphatic carbocycles. The fraction of sp³-hybridized carbons (Fsp3) is 0.318. The van der Waals surface area contributed by atoms with Crippen LogP contribution in [-0.2, 0) is 22.8 Å². The molecular formula is C22H25NO5S. The van der Waals surface area contributed by atoms with Crippen LogP contribution >= 0.6 is 0 Å². The molecule has 0 saturated heterocycles. The zero-order chi connectivity index (χ0) is 21.2. The molecule has 0 radical (unpaired) electrons. The van der Waals surface area contributed by atoms with Gasteiger partial charge in [-0.2, -0.15) is 0 Å². The number of hydrogen-bond donors (Lipinski definition) is 0. The molecular weight excluding hydrogens is 390 g/mol.